The number of nitrogens with zero attached hydrogens (tertiary/aromatic N) is 2. The molecule has 0 saturated heterocycles. The SMILES string of the molecule is COc1cc([C@H]2CC(=O)Nc3c2cnn3C)cc(OC)c1OC. The Hall–Kier alpha value is -2.70. The lowest BCUT2D eigenvalue weighted by atomic mass is 9.87. The van der Waals surface area contributed by atoms with E-state index in [1.807, 2.05) is 12.1 Å². The molecule has 1 aliphatic heterocycles. The smallest absolute Gasteiger partial charge is 0.226 e. The van der Waals surface area contributed by atoms with Gasteiger partial charge in [-0.05, 0) is 17.7 Å². The molecule has 0 aliphatic carbocycles. The van der Waals surface area contributed by atoms with Crippen molar-refractivity contribution < 1.29 is 19.0 Å². The maximum Gasteiger partial charge on any atom is 0.226 e. The predicted octanol–water partition coefficient (Wildman–Crippen LogP) is 1.92. The Bertz CT molecular complexity index is 729. The summed E-state index contributed by atoms with van der Waals surface area (Å²) in [6.45, 7) is 0. The number of aromatic nitrogens is 2. The first-order chi connectivity index (χ1) is 11.1. The van der Waals surface area contributed by atoms with Crippen LogP contribution in [-0.2, 0) is 11.8 Å². The minimum atomic E-state index is -0.110. The van der Waals surface area contributed by atoms with Gasteiger partial charge in [-0.2, -0.15) is 5.10 Å². The van der Waals surface area contributed by atoms with Crippen LogP contribution < -0.4 is 19.5 Å². The van der Waals surface area contributed by atoms with Gasteiger partial charge in [0.25, 0.3) is 0 Å². The molecule has 0 saturated carbocycles. The summed E-state index contributed by atoms with van der Waals surface area (Å²) in [6.07, 6.45) is 2.12. The topological polar surface area (TPSA) is 74.6 Å². The summed E-state index contributed by atoms with van der Waals surface area (Å²) in [7, 11) is 6.51. The standard InChI is InChI=1S/C16H19N3O4/c1-19-16-11(8-17-19)10(7-14(20)18-16)9-5-12(21-2)15(23-4)13(6-9)22-3/h5-6,8,10H,7H2,1-4H3,(H,18,20)/t10-/m1/s1. The van der Waals surface area contributed by atoms with E-state index in [0.29, 0.717) is 23.7 Å². The van der Waals surface area contributed by atoms with E-state index in [-0.39, 0.29) is 11.8 Å². The van der Waals surface area contributed by atoms with Gasteiger partial charge in [0, 0.05) is 24.9 Å². The fourth-order valence-electron chi connectivity index (χ4n) is 2.94. The van der Waals surface area contributed by atoms with Crippen LogP contribution in [0.5, 0.6) is 17.2 Å². The summed E-state index contributed by atoms with van der Waals surface area (Å²) in [5.74, 6) is 2.24. The van der Waals surface area contributed by atoms with Crippen LogP contribution in [0.15, 0.2) is 18.3 Å². The first-order valence-electron chi connectivity index (χ1n) is 7.20. The van der Waals surface area contributed by atoms with Gasteiger partial charge in [0.1, 0.15) is 5.82 Å². The zero-order valence-electron chi connectivity index (χ0n) is 13.5. The van der Waals surface area contributed by atoms with Gasteiger partial charge >= 0.3 is 0 Å². The molecule has 7 nitrogen and oxygen atoms in total. The van der Waals surface area contributed by atoms with E-state index in [1.165, 1.54) is 0 Å². The van der Waals surface area contributed by atoms with Gasteiger partial charge in [0.05, 0.1) is 27.5 Å². The van der Waals surface area contributed by atoms with Crippen LogP contribution in [0.25, 0.3) is 0 Å². The lowest BCUT2D eigenvalue weighted by Crippen LogP contribution is -2.24. The number of amides is 1. The highest BCUT2D eigenvalue weighted by Crippen LogP contribution is 2.44. The van der Waals surface area contributed by atoms with Crippen LogP contribution in [0.4, 0.5) is 5.82 Å². The van der Waals surface area contributed by atoms with E-state index >= 15 is 0 Å². The Labute approximate surface area is 134 Å². The summed E-state index contributed by atoms with van der Waals surface area (Å²) in [5.41, 5.74) is 1.89. The maximum atomic E-state index is 12.1. The molecule has 0 radical (unpaired) electrons. The molecule has 2 heterocycles. The lowest BCUT2D eigenvalue weighted by molar-refractivity contribution is -0.116. The Kier molecular flexibility index (Phi) is 3.85. The molecular weight excluding hydrogens is 298 g/mol. The van der Waals surface area contributed by atoms with Crippen LogP contribution >= 0.6 is 0 Å². The molecule has 3 rings (SSSR count). The average Bonchev–Trinajstić information content (AvgIpc) is 2.93. The summed E-state index contributed by atoms with van der Waals surface area (Å²) in [5, 5.41) is 7.10. The van der Waals surface area contributed by atoms with Gasteiger partial charge in [-0.25, -0.2) is 0 Å². The highest BCUT2D eigenvalue weighted by Gasteiger charge is 2.30. The minimum Gasteiger partial charge on any atom is -0.493 e. The highest BCUT2D eigenvalue weighted by molar-refractivity contribution is 5.94. The van der Waals surface area contributed by atoms with Gasteiger partial charge in [0.15, 0.2) is 11.5 Å². The second-order valence-electron chi connectivity index (χ2n) is 5.34. The third-order valence-corrected chi connectivity index (χ3v) is 4.08. The van der Waals surface area contributed by atoms with Crippen molar-refractivity contribution in [1.82, 2.24) is 9.78 Å². The number of benzene rings is 1. The van der Waals surface area contributed by atoms with Gasteiger partial charge < -0.3 is 19.5 Å². The molecule has 0 spiro atoms. The second kappa shape index (κ2) is 5.83. The van der Waals surface area contributed by atoms with Gasteiger partial charge in [0.2, 0.25) is 11.7 Å². The Morgan fingerprint density at radius 3 is 2.39 bits per heavy atom. The van der Waals surface area contributed by atoms with Gasteiger partial charge in [-0.1, -0.05) is 0 Å². The number of methoxy groups -OCH3 is 3. The van der Waals surface area contributed by atoms with E-state index in [4.69, 9.17) is 14.2 Å². The monoisotopic (exact) mass is 317 g/mol. The Morgan fingerprint density at radius 2 is 1.83 bits per heavy atom. The summed E-state index contributed by atoms with van der Waals surface area (Å²) in [4.78, 5) is 12.1. The molecule has 1 aliphatic rings. The fraction of sp³-hybridized carbons (Fsp3) is 0.375. The van der Waals surface area contributed by atoms with Crippen LogP contribution in [0.1, 0.15) is 23.5 Å². The highest BCUT2D eigenvalue weighted by atomic mass is 16.5. The van der Waals surface area contributed by atoms with Crippen LogP contribution in [0.3, 0.4) is 0 Å². The number of anilines is 1. The molecule has 2 aromatic rings. The van der Waals surface area contributed by atoms with Crippen molar-refractivity contribution in [1.29, 1.82) is 0 Å². The molecule has 23 heavy (non-hydrogen) atoms. The van der Waals surface area contributed by atoms with Gasteiger partial charge in [-0.3, -0.25) is 9.48 Å². The van der Waals surface area contributed by atoms with Crippen molar-refractivity contribution in [3.63, 3.8) is 0 Å². The van der Waals surface area contributed by atoms with Crippen molar-refractivity contribution >= 4 is 11.7 Å². The molecule has 122 valence electrons. The van der Waals surface area contributed by atoms with Crippen LogP contribution in [0.2, 0.25) is 0 Å². The van der Waals surface area contributed by atoms with Crippen molar-refractivity contribution in [3.05, 3.63) is 29.5 Å². The number of hydrogen-bond acceptors (Lipinski definition) is 5. The molecule has 0 unspecified atom stereocenters. The molecular formula is C16H19N3O4. The predicted molar refractivity (Wildman–Crippen MR) is 84.4 cm³/mol. The third-order valence-electron chi connectivity index (χ3n) is 4.08. The number of carbonyl (C=O) groups is 1. The Balaban J connectivity index is 2.13. The molecule has 1 atom stereocenters. The van der Waals surface area contributed by atoms with Crippen LogP contribution in [-0.4, -0.2) is 37.0 Å². The summed E-state index contributed by atoms with van der Waals surface area (Å²) in [6, 6.07) is 3.75. The first-order valence-corrected chi connectivity index (χ1v) is 7.20. The minimum absolute atomic E-state index is 0.0418. The first kappa shape index (κ1) is 15.2. The number of nitrogens with one attached hydrogen (secondary N) is 1. The third kappa shape index (κ3) is 2.48. The largest absolute Gasteiger partial charge is 0.493 e. The number of rotatable bonds is 4. The maximum absolute atomic E-state index is 12.1. The van der Waals surface area contributed by atoms with Gasteiger partial charge in [-0.15, -0.1) is 0 Å². The van der Waals surface area contributed by atoms with E-state index in [0.717, 1.165) is 16.9 Å². The summed E-state index contributed by atoms with van der Waals surface area (Å²) < 4.78 is 17.8. The second-order valence-corrected chi connectivity index (χ2v) is 5.34. The normalized spacial score (nSPS) is 16.5. The van der Waals surface area contributed by atoms with Crippen molar-refractivity contribution in [3.8, 4) is 17.2 Å². The van der Waals surface area contributed by atoms with E-state index in [1.54, 1.807) is 39.3 Å². The molecule has 0 bridgehead atoms. The molecule has 1 N–H and O–H groups in total. The number of aryl methyl sites for hydroxylation is 1. The van der Waals surface area contributed by atoms with E-state index in [9.17, 15) is 4.79 Å². The lowest BCUT2D eigenvalue weighted by Gasteiger charge is -2.24. The van der Waals surface area contributed by atoms with Crippen molar-refractivity contribution in [2.24, 2.45) is 7.05 Å². The number of carbonyl (C=O) groups excluding carboxylic acids is 1. The zero-order chi connectivity index (χ0) is 16.6. The fourth-order valence-corrected chi connectivity index (χ4v) is 2.94. The molecule has 7 heteroatoms. The van der Waals surface area contributed by atoms with E-state index < -0.39 is 0 Å². The molecule has 1 aromatic carbocycles. The average molecular weight is 317 g/mol. The van der Waals surface area contributed by atoms with Crippen LogP contribution in [0, 0.1) is 0 Å². The molecule has 1 amide bonds. The Morgan fingerprint density at radius 1 is 1.17 bits per heavy atom. The number of ether oxygens (including phenoxy) is 3. The van der Waals surface area contributed by atoms with Crippen molar-refractivity contribution in [2.75, 3.05) is 26.6 Å². The molecule has 1 aromatic heterocycles. The van der Waals surface area contributed by atoms with Crippen molar-refractivity contribution in [2.45, 2.75) is 12.3 Å². The molecule has 0 fully saturated rings. The number of fused-ring (bicyclic) bond motifs is 1. The number of hydrogen-bond donors (Lipinski definition) is 1. The zero-order valence-corrected chi connectivity index (χ0v) is 13.5. The van der Waals surface area contributed by atoms with E-state index in [2.05, 4.69) is 10.4 Å². The summed E-state index contributed by atoms with van der Waals surface area (Å²) >= 11 is 0. The quantitative estimate of drug-likeness (QED) is 0.932.